The molecule has 1 aromatic carbocycles. The van der Waals surface area contributed by atoms with Crippen molar-refractivity contribution in [3.05, 3.63) is 58.3 Å². The summed E-state index contributed by atoms with van der Waals surface area (Å²) in [6.45, 7) is -0.0578. The molecule has 0 saturated heterocycles. The highest BCUT2D eigenvalue weighted by molar-refractivity contribution is 5.61. The Labute approximate surface area is 92.7 Å². The van der Waals surface area contributed by atoms with Gasteiger partial charge in [0, 0.05) is 16.9 Å². The number of rotatable bonds is 4. The largest absolute Gasteiger partial charge is 0.464 e. The van der Waals surface area contributed by atoms with Gasteiger partial charge in [0.2, 0.25) is 6.54 Å². The molecule has 0 bridgehead atoms. The number of nitro groups is 1. The number of nitrogens with zero attached hydrogens (tertiary/aromatic N) is 1. The van der Waals surface area contributed by atoms with Crippen LogP contribution in [0.4, 0.5) is 0 Å². The minimum atomic E-state index is -0.307. The molecule has 2 rings (SSSR count). The Bertz CT molecular complexity index is 477. The first-order valence-corrected chi connectivity index (χ1v) is 5.01. The molecule has 0 saturated carbocycles. The molecule has 0 aliphatic rings. The minimum absolute atomic E-state index is 0.0578. The van der Waals surface area contributed by atoms with Gasteiger partial charge in [-0.3, -0.25) is 10.1 Å². The summed E-state index contributed by atoms with van der Waals surface area (Å²) < 4.78 is 5.30. The van der Waals surface area contributed by atoms with Crippen LogP contribution in [0, 0.1) is 10.1 Å². The molecule has 0 N–H and O–H groups in total. The molecule has 0 radical (unpaired) electrons. The van der Waals surface area contributed by atoms with Crippen LogP contribution >= 0.6 is 0 Å². The third-order valence-electron chi connectivity index (χ3n) is 2.37. The molecule has 2 aromatic rings. The molecule has 82 valence electrons. The van der Waals surface area contributed by atoms with Crippen molar-refractivity contribution >= 4 is 0 Å². The average molecular weight is 217 g/mol. The molecule has 16 heavy (non-hydrogen) atoms. The molecular formula is C12H11NO3. The van der Waals surface area contributed by atoms with E-state index in [9.17, 15) is 10.1 Å². The minimum Gasteiger partial charge on any atom is -0.464 e. The third-order valence-corrected chi connectivity index (χ3v) is 2.37. The van der Waals surface area contributed by atoms with E-state index >= 15 is 0 Å². The van der Waals surface area contributed by atoms with Gasteiger partial charge < -0.3 is 4.42 Å². The van der Waals surface area contributed by atoms with Crippen molar-refractivity contribution in [2.75, 3.05) is 6.54 Å². The molecule has 0 atom stereocenters. The monoisotopic (exact) mass is 217 g/mol. The highest BCUT2D eigenvalue weighted by atomic mass is 16.6. The average Bonchev–Trinajstić information content (AvgIpc) is 2.80. The molecule has 0 aliphatic carbocycles. The zero-order valence-corrected chi connectivity index (χ0v) is 8.63. The summed E-state index contributed by atoms with van der Waals surface area (Å²) >= 11 is 0. The molecule has 0 fully saturated rings. The standard InChI is InChI=1S/C12H11NO3/c14-13(15)8-7-10-4-1-2-5-11(10)12-6-3-9-16-12/h1-6,9H,7-8H2. The fourth-order valence-corrected chi connectivity index (χ4v) is 1.62. The summed E-state index contributed by atoms with van der Waals surface area (Å²) in [5, 5.41) is 10.4. The first-order valence-electron chi connectivity index (χ1n) is 5.01. The zero-order valence-electron chi connectivity index (χ0n) is 8.63. The topological polar surface area (TPSA) is 56.3 Å². The van der Waals surface area contributed by atoms with Crippen LogP contribution in [0.5, 0.6) is 0 Å². The maximum absolute atomic E-state index is 10.4. The van der Waals surface area contributed by atoms with Gasteiger partial charge in [0.15, 0.2) is 0 Å². The fourth-order valence-electron chi connectivity index (χ4n) is 1.62. The van der Waals surface area contributed by atoms with E-state index in [0.717, 1.165) is 16.9 Å². The summed E-state index contributed by atoms with van der Waals surface area (Å²) in [5.74, 6) is 0.749. The molecule has 1 heterocycles. The molecule has 0 unspecified atom stereocenters. The van der Waals surface area contributed by atoms with Gasteiger partial charge in [0.1, 0.15) is 5.76 Å². The van der Waals surface area contributed by atoms with E-state index in [0.29, 0.717) is 6.42 Å². The Kier molecular flexibility index (Phi) is 3.00. The predicted octanol–water partition coefficient (Wildman–Crippen LogP) is 2.77. The second kappa shape index (κ2) is 4.61. The van der Waals surface area contributed by atoms with Gasteiger partial charge in [-0.05, 0) is 17.7 Å². The zero-order chi connectivity index (χ0) is 11.4. The lowest BCUT2D eigenvalue weighted by Gasteiger charge is -2.04. The van der Waals surface area contributed by atoms with E-state index in [1.54, 1.807) is 12.3 Å². The van der Waals surface area contributed by atoms with Crippen LogP contribution in [-0.2, 0) is 6.42 Å². The first-order chi connectivity index (χ1) is 7.77. The molecular weight excluding hydrogens is 206 g/mol. The van der Waals surface area contributed by atoms with Gasteiger partial charge >= 0.3 is 0 Å². The lowest BCUT2D eigenvalue weighted by molar-refractivity contribution is -0.479. The summed E-state index contributed by atoms with van der Waals surface area (Å²) in [7, 11) is 0. The Hall–Kier alpha value is -2.10. The van der Waals surface area contributed by atoms with Crippen molar-refractivity contribution in [1.82, 2.24) is 0 Å². The highest BCUT2D eigenvalue weighted by Gasteiger charge is 2.08. The van der Waals surface area contributed by atoms with E-state index in [-0.39, 0.29) is 11.5 Å². The van der Waals surface area contributed by atoms with E-state index in [1.165, 1.54) is 0 Å². The van der Waals surface area contributed by atoms with Crippen LogP contribution in [-0.4, -0.2) is 11.5 Å². The van der Waals surface area contributed by atoms with E-state index in [1.807, 2.05) is 30.3 Å². The van der Waals surface area contributed by atoms with Gasteiger partial charge in [-0.15, -0.1) is 0 Å². The van der Waals surface area contributed by atoms with Crippen molar-refractivity contribution < 1.29 is 9.34 Å². The van der Waals surface area contributed by atoms with Crippen LogP contribution in [0.3, 0.4) is 0 Å². The highest BCUT2D eigenvalue weighted by Crippen LogP contribution is 2.24. The van der Waals surface area contributed by atoms with E-state index < -0.39 is 0 Å². The fraction of sp³-hybridized carbons (Fsp3) is 0.167. The Balaban J connectivity index is 2.27. The number of benzene rings is 1. The Morgan fingerprint density at radius 2 is 2.00 bits per heavy atom. The van der Waals surface area contributed by atoms with Gasteiger partial charge in [-0.2, -0.15) is 0 Å². The summed E-state index contributed by atoms with van der Waals surface area (Å²) in [6, 6.07) is 11.2. The van der Waals surface area contributed by atoms with Crippen molar-refractivity contribution in [3.63, 3.8) is 0 Å². The molecule has 4 nitrogen and oxygen atoms in total. The smallest absolute Gasteiger partial charge is 0.207 e. The first kappa shape index (κ1) is 10.4. The second-order valence-corrected chi connectivity index (χ2v) is 3.44. The maximum Gasteiger partial charge on any atom is 0.207 e. The lowest BCUT2D eigenvalue weighted by atomic mass is 10.0. The van der Waals surface area contributed by atoms with Crippen molar-refractivity contribution in [2.45, 2.75) is 6.42 Å². The summed E-state index contributed by atoms with van der Waals surface area (Å²) in [6.07, 6.45) is 2.02. The van der Waals surface area contributed by atoms with Crippen LogP contribution in [0.25, 0.3) is 11.3 Å². The van der Waals surface area contributed by atoms with Crippen LogP contribution in [0.15, 0.2) is 47.1 Å². The van der Waals surface area contributed by atoms with E-state index in [2.05, 4.69) is 0 Å². The van der Waals surface area contributed by atoms with E-state index in [4.69, 9.17) is 4.42 Å². The number of hydrogen-bond acceptors (Lipinski definition) is 3. The second-order valence-electron chi connectivity index (χ2n) is 3.44. The molecule has 1 aromatic heterocycles. The molecule has 0 amide bonds. The van der Waals surface area contributed by atoms with Gasteiger partial charge in [-0.1, -0.05) is 24.3 Å². The SMILES string of the molecule is O=[N+]([O-])CCc1ccccc1-c1ccco1. The Morgan fingerprint density at radius 1 is 1.19 bits per heavy atom. The summed E-state index contributed by atoms with van der Waals surface area (Å²) in [5.41, 5.74) is 1.86. The lowest BCUT2D eigenvalue weighted by Crippen LogP contribution is -2.04. The van der Waals surface area contributed by atoms with Crippen molar-refractivity contribution in [2.24, 2.45) is 0 Å². The quantitative estimate of drug-likeness (QED) is 0.584. The Morgan fingerprint density at radius 3 is 2.69 bits per heavy atom. The number of hydrogen-bond donors (Lipinski definition) is 0. The normalized spacial score (nSPS) is 10.2. The number of furan rings is 1. The van der Waals surface area contributed by atoms with Crippen LogP contribution in [0.2, 0.25) is 0 Å². The van der Waals surface area contributed by atoms with Gasteiger partial charge in [0.25, 0.3) is 0 Å². The van der Waals surface area contributed by atoms with Gasteiger partial charge in [0.05, 0.1) is 6.26 Å². The maximum atomic E-state index is 10.4. The third kappa shape index (κ3) is 2.28. The summed E-state index contributed by atoms with van der Waals surface area (Å²) in [4.78, 5) is 10.0. The van der Waals surface area contributed by atoms with Crippen LogP contribution in [0.1, 0.15) is 5.56 Å². The van der Waals surface area contributed by atoms with Gasteiger partial charge in [-0.25, -0.2) is 0 Å². The van der Waals surface area contributed by atoms with Crippen molar-refractivity contribution in [3.8, 4) is 11.3 Å². The molecule has 0 aliphatic heterocycles. The molecule has 4 heteroatoms. The van der Waals surface area contributed by atoms with Crippen molar-refractivity contribution in [1.29, 1.82) is 0 Å². The molecule has 0 spiro atoms. The predicted molar refractivity (Wildman–Crippen MR) is 59.7 cm³/mol. The van der Waals surface area contributed by atoms with Crippen LogP contribution < -0.4 is 0 Å².